The van der Waals surface area contributed by atoms with Crippen LogP contribution < -0.4 is 14.2 Å². The molecule has 0 spiro atoms. The Morgan fingerprint density at radius 2 is 0.476 bits per heavy atom. The predicted octanol–water partition coefficient (Wildman–Crippen LogP) is 24.2. The summed E-state index contributed by atoms with van der Waals surface area (Å²) in [6.45, 7) is 13.4. The molecule has 0 N–H and O–H groups in total. The van der Waals surface area contributed by atoms with Crippen LogP contribution in [0.5, 0.6) is 17.2 Å². The van der Waals surface area contributed by atoms with E-state index in [0.717, 1.165) is 216 Å². The number of rotatable bonds is 62. The number of benzene rings is 6. The van der Waals surface area contributed by atoms with Crippen molar-refractivity contribution in [3.8, 4) is 50.6 Å². The lowest BCUT2D eigenvalue weighted by atomic mass is 10.0. The Hall–Kier alpha value is -7.77. The first kappa shape index (κ1) is 86.2. The molecule has 6 aromatic carbocycles. The Bertz CT molecular complexity index is 3100. The second-order valence-corrected chi connectivity index (χ2v) is 27.7. The van der Waals surface area contributed by atoms with Gasteiger partial charge in [-0.2, -0.15) is 0 Å². The maximum Gasteiger partial charge on any atom is 0.330 e. The minimum absolute atomic E-state index is 0.0807. The molecule has 6 aromatic rings. The van der Waals surface area contributed by atoms with E-state index in [1.54, 1.807) is 0 Å². The fourth-order valence-corrected chi connectivity index (χ4v) is 12.2. The van der Waals surface area contributed by atoms with E-state index in [0.29, 0.717) is 39.6 Å². The quantitative estimate of drug-likeness (QED) is 0.0156. The molecule has 0 unspecified atom stereocenters. The Morgan fingerprint density at radius 1 is 0.257 bits per heavy atom. The molecule has 0 atom stereocenters. The SMILES string of the molecule is CCCCCOc1ccc(-c2ccc(/C=C/C(=O)OCCCCCCCCCCOCC(COCCCCCCCCCCOC(=O)/C=C/c3ccc(-c4ccc(OCCCCC)cc4)cc3)OCCCCCCCCCCOC(=O)/C=C/c3ccc(-c4ccc(OCCCCC)cc4)cc3)cc2)cc1. The number of hydrogen-bond donors (Lipinski definition) is 0. The van der Waals surface area contributed by atoms with Gasteiger partial charge in [-0.3, -0.25) is 0 Å². The number of carbonyl (C=O) groups excluding carboxylic acids is 3. The van der Waals surface area contributed by atoms with Gasteiger partial charge in [0.1, 0.15) is 23.4 Å². The molecule has 0 radical (unpaired) electrons. The van der Waals surface area contributed by atoms with Gasteiger partial charge in [0.2, 0.25) is 0 Å². The second-order valence-electron chi connectivity index (χ2n) is 27.7. The van der Waals surface area contributed by atoms with Gasteiger partial charge in [0.05, 0.1) is 52.9 Å². The molecule has 0 heterocycles. The molecule has 0 aliphatic rings. The first-order valence-electron chi connectivity index (χ1n) is 40.6. The van der Waals surface area contributed by atoms with E-state index in [2.05, 4.69) is 93.6 Å². The van der Waals surface area contributed by atoms with E-state index in [1.807, 2.05) is 91.0 Å². The smallest absolute Gasteiger partial charge is 0.330 e. The topological polar surface area (TPSA) is 134 Å². The minimum Gasteiger partial charge on any atom is -0.494 e. The van der Waals surface area contributed by atoms with Gasteiger partial charge in [0.15, 0.2) is 0 Å². The lowest BCUT2D eigenvalue weighted by Crippen LogP contribution is -2.26. The molecule has 0 aliphatic heterocycles. The van der Waals surface area contributed by atoms with Crippen LogP contribution in [0, 0.1) is 0 Å². The van der Waals surface area contributed by atoms with Crippen molar-refractivity contribution < 1.29 is 57.0 Å². The summed E-state index contributed by atoms with van der Waals surface area (Å²) in [4.78, 5) is 37.3. The van der Waals surface area contributed by atoms with Crippen LogP contribution in [0.4, 0.5) is 0 Å². The van der Waals surface area contributed by atoms with Gasteiger partial charge in [-0.15, -0.1) is 0 Å². The zero-order valence-corrected chi connectivity index (χ0v) is 64.4. The highest BCUT2D eigenvalue weighted by Crippen LogP contribution is 2.27. The first-order valence-corrected chi connectivity index (χ1v) is 40.6. The van der Waals surface area contributed by atoms with Gasteiger partial charge in [-0.05, 0) is 162 Å². The normalized spacial score (nSPS) is 11.5. The Balaban J connectivity index is 0.766. The van der Waals surface area contributed by atoms with Gasteiger partial charge in [0, 0.05) is 38.0 Å². The molecule has 0 aliphatic carbocycles. The van der Waals surface area contributed by atoms with E-state index >= 15 is 0 Å². The van der Waals surface area contributed by atoms with E-state index < -0.39 is 0 Å². The highest BCUT2D eigenvalue weighted by Gasteiger charge is 2.12. The van der Waals surface area contributed by atoms with Crippen molar-refractivity contribution >= 4 is 36.1 Å². The highest BCUT2D eigenvalue weighted by molar-refractivity contribution is 5.88. The predicted molar refractivity (Wildman–Crippen MR) is 433 cm³/mol. The van der Waals surface area contributed by atoms with Crippen molar-refractivity contribution in [1.29, 1.82) is 0 Å². The largest absolute Gasteiger partial charge is 0.494 e. The van der Waals surface area contributed by atoms with Crippen molar-refractivity contribution in [2.45, 2.75) is 239 Å². The van der Waals surface area contributed by atoms with Crippen molar-refractivity contribution in [3.05, 3.63) is 181 Å². The summed E-state index contributed by atoms with van der Waals surface area (Å²) >= 11 is 0. The summed E-state index contributed by atoms with van der Waals surface area (Å²) in [5.41, 5.74) is 9.61. The van der Waals surface area contributed by atoms with Crippen LogP contribution in [-0.2, 0) is 42.8 Å². The maximum absolute atomic E-state index is 12.5. The fraction of sp³-hybridized carbons (Fsp3) is 0.516. The van der Waals surface area contributed by atoms with Gasteiger partial charge >= 0.3 is 17.9 Å². The molecule has 6 rings (SSSR count). The standard InChI is InChI=1S/C93H128O12/c1-4-7-28-69-99-87-58-52-84(53-59-87)81-46-37-78(38-47-81)43-64-91(94)103-73-34-25-19-12-10-16-22-31-67-97-76-90(102-72-33-24-18-14-15-21-27-36-75-105-93(96)66-45-80-41-50-83(51-42-80)86-56-62-89(63-57-86)101-71-30-9-6-3)77-98-68-32-23-17-11-13-20-26-35-74-104-92(95)65-44-79-39-48-82(49-40-79)85-54-60-88(61-55-85)100-70-29-8-5-2/h37-66,90H,4-36,67-77H2,1-3H3/b64-43+,65-44+,66-45+. The summed E-state index contributed by atoms with van der Waals surface area (Å²) in [5.74, 6) is 1.79. The molecule has 0 saturated carbocycles. The van der Waals surface area contributed by atoms with Gasteiger partial charge in [-0.1, -0.05) is 284 Å². The van der Waals surface area contributed by atoms with E-state index in [4.69, 9.17) is 42.6 Å². The van der Waals surface area contributed by atoms with E-state index in [9.17, 15) is 14.4 Å². The van der Waals surface area contributed by atoms with Crippen molar-refractivity contribution in [3.63, 3.8) is 0 Å². The lowest BCUT2D eigenvalue weighted by molar-refractivity contribution is -0.138. The third-order valence-corrected chi connectivity index (χ3v) is 18.7. The monoisotopic (exact) mass is 1440 g/mol. The molecular weight excluding hydrogens is 1310 g/mol. The number of hydrogen-bond acceptors (Lipinski definition) is 12. The summed E-state index contributed by atoms with van der Waals surface area (Å²) in [6.07, 6.45) is 46.6. The number of carbonyl (C=O) groups is 3. The summed E-state index contributed by atoms with van der Waals surface area (Å²) in [6, 6.07) is 49.2. The zero-order chi connectivity index (χ0) is 73.9. The number of ether oxygens (including phenoxy) is 9. The van der Waals surface area contributed by atoms with Crippen LogP contribution in [0.2, 0.25) is 0 Å². The summed E-state index contributed by atoms with van der Waals surface area (Å²) in [5, 5.41) is 0. The molecular formula is C93H128O12. The van der Waals surface area contributed by atoms with Crippen molar-refractivity contribution in [1.82, 2.24) is 0 Å². The zero-order valence-electron chi connectivity index (χ0n) is 64.4. The van der Waals surface area contributed by atoms with Crippen LogP contribution in [0.3, 0.4) is 0 Å². The minimum atomic E-state index is -0.304. The third-order valence-electron chi connectivity index (χ3n) is 18.7. The van der Waals surface area contributed by atoms with E-state index in [1.165, 1.54) is 115 Å². The molecule has 572 valence electrons. The summed E-state index contributed by atoms with van der Waals surface area (Å²) < 4.78 is 52.9. The van der Waals surface area contributed by atoms with Gasteiger partial charge < -0.3 is 42.6 Å². The van der Waals surface area contributed by atoms with Crippen LogP contribution >= 0.6 is 0 Å². The molecule has 0 bridgehead atoms. The maximum atomic E-state index is 12.5. The third kappa shape index (κ3) is 41.1. The Kier molecular flexibility index (Phi) is 47.2. The molecule has 0 amide bonds. The van der Waals surface area contributed by atoms with Crippen LogP contribution in [0.15, 0.2) is 164 Å². The molecule has 12 heteroatoms. The van der Waals surface area contributed by atoms with Crippen LogP contribution in [0.1, 0.15) is 249 Å². The molecule has 12 nitrogen and oxygen atoms in total. The second kappa shape index (κ2) is 57.5. The van der Waals surface area contributed by atoms with Gasteiger partial charge in [0.25, 0.3) is 0 Å². The van der Waals surface area contributed by atoms with Crippen LogP contribution in [-0.4, -0.2) is 96.7 Å². The molecule has 0 fully saturated rings. The Labute approximate surface area is 632 Å². The number of esters is 3. The average Bonchev–Trinajstić information content (AvgIpc) is 0.874. The molecule has 105 heavy (non-hydrogen) atoms. The van der Waals surface area contributed by atoms with Crippen molar-refractivity contribution in [2.24, 2.45) is 0 Å². The van der Waals surface area contributed by atoms with Crippen LogP contribution in [0.25, 0.3) is 51.6 Å². The van der Waals surface area contributed by atoms with Crippen molar-refractivity contribution in [2.75, 3.05) is 72.7 Å². The highest BCUT2D eigenvalue weighted by atomic mass is 16.6. The van der Waals surface area contributed by atoms with E-state index in [-0.39, 0.29) is 24.0 Å². The molecule has 0 aromatic heterocycles. The number of unbranched alkanes of at least 4 members (excludes halogenated alkanes) is 27. The first-order chi connectivity index (χ1) is 51.8. The Morgan fingerprint density at radius 3 is 0.733 bits per heavy atom. The fourth-order valence-electron chi connectivity index (χ4n) is 12.2. The molecule has 0 saturated heterocycles. The van der Waals surface area contributed by atoms with Gasteiger partial charge in [-0.25, -0.2) is 14.4 Å². The summed E-state index contributed by atoms with van der Waals surface area (Å²) in [7, 11) is 0. The average molecular weight is 1440 g/mol. The lowest BCUT2D eigenvalue weighted by Gasteiger charge is -2.18.